The molecule has 1 N–H and O–H groups in total. The predicted molar refractivity (Wildman–Crippen MR) is 72.5 cm³/mol. The van der Waals surface area contributed by atoms with Gasteiger partial charge in [-0.1, -0.05) is 11.6 Å². The van der Waals surface area contributed by atoms with E-state index in [2.05, 4.69) is 20.2 Å². The van der Waals surface area contributed by atoms with Crippen LogP contribution in [0.4, 0.5) is 13.2 Å². The van der Waals surface area contributed by atoms with Crippen molar-refractivity contribution in [3.05, 3.63) is 22.7 Å². The molecule has 1 amide bonds. The van der Waals surface area contributed by atoms with Crippen LogP contribution in [-0.2, 0) is 6.18 Å². The maximum absolute atomic E-state index is 12.6. The van der Waals surface area contributed by atoms with Crippen LogP contribution in [0.2, 0.25) is 5.15 Å². The van der Waals surface area contributed by atoms with Gasteiger partial charge in [0.05, 0.1) is 0 Å². The van der Waals surface area contributed by atoms with Crippen LogP contribution in [0.15, 0.2) is 6.20 Å². The molecule has 0 aromatic carbocycles. The van der Waals surface area contributed by atoms with E-state index in [4.69, 9.17) is 11.6 Å². The third-order valence-corrected chi connectivity index (χ3v) is 4.34. The van der Waals surface area contributed by atoms with E-state index in [1.807, 2.05) is 0 Å². The summed E-state index contributed by atoms with van der Waals surface area (Å²) < 4.78 is 37.7. The fraction of sp³-hybridized carbons (Fsp3) is 0.615. The van der Waals surface area contributed by atoms with Gasteiger partial charge in [-0.05, 0) is 25.3 Å². The first-order chi connectivity index (χ1) is 10.3. The van der Waals surface area contributed by atoms with Crippen LogP contribution in [0.3, 0.4) is 0 Å². The third kappa shape index (κ3) is 3.17. The molecule has 2 bridgehead atoms. The Labute approximate surface area is 129 Å². The second kappa shape index (κ2) is 5.66. The van der Waals surface area contributed by atoms with Gasteiger partial charge in [-0.15, -0.1) is 0 Å². The normalized spacial score (nSPS) is 27.7. The Hall–Kier alpha value is -1.41. The summed E-state index contributed by atoms with van der Waals surface area (Å²) in [7, 11) is 0. The number of piperidine rings is 1. The molecule has 3 heterocycles. The molecule has 0 aliphatic carbocycles. The fourth-order valence-electron chi connectivity index (χ4n) is 3.07. The molecule has 2 fully saturated rings. The van der Waals surface area contributed by atoms with Gasteiger partial charge < -0.3 is 10.2 Å². The first-order valence-corrected chi connectivity index (χ1v) is 7.33. The van der Waals surface area contributed by atoms with Gasteiger partial charge in [0, 0.05) is 25.3 Å². The lowest BCUT2D eigenvalue weighted by molar-refractivity contribution is -0.138. The highest BCUT2D eigenvalue weighted by molar-refractivity contribution is 6.30. The Bertz CT molecular complexity index is 583. The number of hydrogen-bond acceptors (Lipinski definition) is 4. The molecule has 2 aliphatic heterocycles. The number of rotatable bonds is 2. The molecule has 0 spiro atoms. The standard InChI is InChI=1S/C13H14ClF3N4O/c14-10-9(13(15,16)17)4-18-11(20-10)12(22)19-8-3-7-1-2-21(5-7)6-8/h4,7-8H,1-3,5-6H2,(H,19,22)/t7-,8+/m0/s1. The summed E-state index contributed by atoms with van der Waals surface area (Å²) in [5.41, 5.74) is -1.15. The van der Waals surface area contributed by atoms with E-state index in [1.54, 1.807) is 0 Å². The summed E-state index contributed by atoms with van der Waals surface area (Å²) in [6.07, 6.45) is -2.11. The number of nitrogens with one attached hydrogen (secondary N) is 1. The van der Waals surface area contributed by atoms with Crippen molar-refractivity contribution in [2.45, 2.75) is 25.1 Å². The SMILES string of the molecule is O=C(N[C@@H]1C[C@@H]2CCN(C2)C1)c1ncc(C(F)(F)F)c(Cl)n1. The molecule has 1 aromatic rings. The van der Waals surface area contributed by atoms with Gasteiger partial charge in [0.1, 0.15) is 10.7 Å². The number of amides is 1. The van der Waals surface area contributed by atoms with Gasteiger partial charge in [0.2, 0.25) is 5.82 Å². The largest absolute Gasteiger partial charge is 0.420 e. The molecular formula is C13H14ClF3N4O. The Morgan fingerprint density at radius 2 is 2.18 bits per heavy atom. The van der Waals surface area contributed by atoms with E-state index < -0.39 is 22.8 Å². The van der Waals surface area contributed by atoms with Crippen LogP contribution in [-0.4, -0.2) is 46.5 Å². The summed E-state index contributed by atoms with van der Waals surface area (Å²) in [4.78, 5) is 21.3. The van der Waals surface area contributed by atoms with Gasteiger partial charge in [0.15, 0.2) is 0 Å². The van der Waals surface area contributed by atoms with Gasteiger partial charge in [0.25, 0.3) is 5.91 Å². The van der Waals surface area contributed by atoms with Gasteiger partial charge >= 0.3 is 6.18 Å². The number of nitrogens with zero attached hydrogens (tertiary/aromatic N) is 3. The Kier molecular flexibility index (Phi) is 3.98. The van der Waals surface area contributed by atoms with E-state index in [9.17, 15) is 18.0 Å². The fourth-order valence-corrected chi connectivity index (χ4v) is 3.31. The molecule has 9 heteroatoms. The minimum absolute atomic E-state index is 0.0292. The first kappa shape index (κ1) is 15.5. The van der Waals surface area contributed by atoms with Gasteiger partial charge in [-0.2, -0.15) is 13.2 Å². The van der Waals surface area contributed by atoms with Crippen LogP contribution >= 0.6 is 11.6 Å². The Morgan fingerprint density at radius 3 is 2.82 bits per heavy atom. The molecule has 120 valence electrons. The molecule has 22 heavy (non-hydrogen) atoms. The molecule has 1 aromatic heterocycles. The highest BCUT2D eigenvalue weighted by Gasteiger charge is 2.36. The zero-order valence-corrected chi connectivity index (χ0v) is 12.3. The van der Waals surface area contributed by atoms with Crippen LogP contribution in [0, 0.1) is 5.92 Å². The predicted octanol–water partition coefficient (Wildman–Crippen LogP) is 1.97. The van der Waals surface area contributed by atoms with Crippen LogP contribution < -0.4 is 5.32 Å². The van der Waals surface area contributed by atoms with Crippen molar-refractivity contribution >= 4 is 17.5 Å². The number of halogens is 4. The lowest BCUT2D eigenvalue weighted by Gasteiger charge is -2.30. The van der Waals surface area contributed by atoms with Crippen molar-refractivity contribution in [1.82, 2.24) is 20.2 Å². The second-order valence-corrected chi connectivity index (χ2v) is 6.07. The lowest BCUT2D eigenvalue weighted by Crippen LogP contribution is -2.47. The van der Waals surface area contributed by atoms with Crippen molar-refractivity contribution in [2.75, 3.05) is 19.6 Å². The molecule has 3 atom stereocenters. The molecular weight excluding hydrogens is 321 g/mol. The Balaban J connectivity index is 1.69. The van der Waals surface area contributed by atoms with Crippen molar-refractivity contribution in [2.24, 2.45) is 5.92 Å². The van der Waals surface area contributed by atoms with Crippen molar-refractivity contribution < 1.29 is 18.0 Å². The van der Waals surface area contributed by atoms with E-state index in [0.29, 0.717) is 12.1 Å². The summed E-state index contributed by atoms with van der Waals surface area (Å²) in [6.45, 7) is 2.82. The zero-order valence-electron chi connectivity index (χ0n) is 11.5. The first-order valence-electron chi connectivity index (χ1n) is 6.96. The van der Waals surface area contributed by atoms with Gasteiger partial charge in [-0.25, -0.2) is 9.97 Å². The molecule has 0 radical (unpaired) electrons. The Morgan fingerprint density at radius 1 is 1.41 bits per heavy atom. The minimum Gasteiger partial charge on any atom is -0.345 e. The summed E-state index contributed by atoms with van der Waals surface area (Å²) in [5, 5.41) is 2.01. The van der Waals surface area contributed by atoms with E-state index in [0.717, 1.165) is 32.5 Å². The van der Waals surface area contributed by atoms with Crippen molar-refractivity contribution in [1.29, 1.82) is 0 Å². The average molecular weight is 335 g/mol. The average Bonchev–Trinajstić information content (AvgIpc) is 2.76. The molecule has 2 saturated heterocycles. The topological polar surface area (TPSA) is 58.1 Å². The number of carbonyl (C=O) groups excluding carboxylic acids is 1. The zero-order chi connectivity index (χ0) is 15.9. The summed E-state index contributed by atoms with van der Waals surface area (Å²) in [6, 6.07) is -0.0292. The van der Waals surface area contributed by atoms with Crippen molar-refractivity contribution in [3.63, 3.8) is 0 Å². The molecule has 5 nitrogen and oxygen atoms in total. The van der Waals surface area contributed by atoms with Gasteiger partial charge in [-0.3, -0.25) is 4.79 Å². The highest BCUT2D eigenvalue weighted by Crippen LogP contribution is 2.33. The van der Waals surface area contributed by atoms with E-state index in [1.165, 1.54) is 0 Å². The summed E-state index contributed by atoms with van der Waals surface area (Å²) in [5.74, 6) is -0.370. The van der Waals surface area contributed by atoms with Crippen LogP contribution in [0.1, 0.15) is 29.0 Å². The molecule has 2 aliphatic rings. The number of alkyl halides is 3. The third-order valence-electron chi connectivity index (χ3n) is 4.05. The number of fused-ring (bicyclic) bond motifs is 2. The maximum atomic E-state index is 12.6. The molecule has 3 rings (SSSR count). The van der Waals surface area contributed by atoms with Crippen molar-refractivity contribution in [3.8, 4) is 0 Å². The molecule has 0 saturated carbocycles. The number of aromatic nitrogens is 2. The van der Waals surface area contributed by atoms with E-state index >= 15 is 0 Å². The van der Waals surface area contributed by atoms with Crippen LogP contribution in [0.25, 0.3) is 0 Å². The van der Waals surface area contributed by atoms with Crippen LogP contribution in [0.5, 0.6) is 0 Å². The smallest absolute Gasteiger partial charge is 0.345 e. The minimum atomic E-state index is -4.64. The monoisotopic (exact) mass is 334 g/mol. The molecule has 1 unspecified atom stereocenters. The lowest BCUT2D eigenvalue weighted by atomic mass is 9.97. The number of hydrogen-bond donors (Lipinski definition) is 1. The summed E-state index contributed by atoms with van der Waals surface area (Å²) >= 11 is 5.50. The quantitative estimate of drug-likeness (QED) is 0.840. The highest BCUT2D eigenvalue weighted by atomic mass is 35.5. The number of carbonyl (C=O) groups is 1. The van der Waals surface area contributed by atoms with E-state index in [-0.39, 0.29) is 11.9 Å². The second-order valence-electron chi connectivity index (χ2n) is 5.72. The maximum Gasteiger partial charge on any atom is 0.420 e.